The topological polar surface area (TPSA) is 64.4 Å². The van der Waals surface area contributed by atoms with Crippen LogP contribution >= 0.6 is 35.4 Å². The van der Waals surface area contributed by atoms with Gasteiger partial charge in [0.1, 0.15) is 12.9 Å². The number of aromatic amines is 1. The third kappa shape index (κ3) is 5.09. The molecule has 3 rings (SSSR count). The van der Waals surface area contributed by atoms with Crippen molar-refractivity contribution in [1.29, 1.82) is 0 Å². The van der Waals surface area contributed by atoms with E-state index in [4.69, 9.17) is 44.9 Å². The van der Waals surface area contributed by atoms with Gasteiger partial charge in [-0.1, -0.05) is 29.3 Å². The van der Waals surface area contributed by atoms with E-state index in [0.29, 0.717) is 39.5 Å². The molecule has 27 heavy (non-hydrogen) atoms. The minimum atomic E-state index is 0.299. The average molecular weight is 423 g/mol. The Morgan fingerprint density at radius 3 is 2.74 bits per heavy atom. The molecular weight excluding hydrogens is 407 g/mol. The normalized spacial score (nSPS) is 11.1. The number of benzene rings is 2. The van der Waals surface area contributed by atoms with Crippen LogP contribution in [0.4, 0.5) is 0 Å². The Kier molecular flexibility index (Phi) is 6.49. The standard InChI is InChI=1S/C18H16Cl2N4O2S/c1-2-25-17-7-12(9-22-24-11-21-23-18(24)27)3-6-16(17)26-10-13-4-5-14(19)8-15(13)20/h3-9,11H,2,10H2,1H3,(H,23,27)/b22-9-. The zero-order chi connectivity index (χ0) is 19.2. The van der Waals surface area contributed by atoms with Gasteiger partial charge in [-0.25, -0.2) is 0 Å². The van der Waals surface area contributed by atoms with Gasteiger partial charge >= 0.3 is 0 Å². The van der Waals surface area contributed by atoms with Crippen molar-refractivity contribution in [2.24, 2.45) is 5.10 Å². The summed E-state index contributed by atoms with van der Waals surface area (Å²) in [5.74, 6) is 1.22. The van der Waals surface area contributed by atoms with E-state index in [2.05, 4.69) is 15.3 Å². The fourth-order valence-electron chi connectivity index (χ4n) is 2.24. The quantitative estimate of drug-likeness (QED) is 0.424. The van der Waals surface area contributed by atoms with Crippen LogP contribution in [0.2, 0.25) is 10.0 Å². The summed E-state index contributed by atoms with van der Waals surface area (Å²) in [7, 11) is 0. The SMILES string of the molecule is CCOc1cc(/C=N\n2cn[nH]c2=S)ccc1OCc1ccc(Cl)cc1Cl. The van der Waals surface area contributed by atoms with Gasteiger partial charge in [0.15, 0.2) is 11.5 Å². The maximum atomic E-state index is 6.19. The zero-order valence-electron chi connectivity index (χ0n) is 14.4. The molecule has 0 saturated heterocycles. The van der Waals surface area contributed by atoms with E-state index in [9.17, 15) is 0 Å². The van der Waals surface area contributed by atoms with Crippen LogP contribution in [0.3, 0.4) is 0 Å². The summed E-state index contributed by atoms with van der Waals surface area (Å²) >= 11 is 17.2. The number of nitrogens with zero attached hydrogens (tertiary/aromatic N) is 3. The molecule has 0 bridgehead atoms. The van der Waals surface area contributed by atoms with Gasteiger partial charge in [0.2, 0.25) is 4.77 Å². The molecule has 0 aliphatic carbocycles. The Bertz CT molecular complexity index is 1020. The minimum absolute atomic E-state index is 0.299. The lowest BCUT2D eigenvalue weighted by Gasteiger charge is -2.13. The molecule has 9 heteroatoms. The summed E-state index contributed by atoms with van der Waals surface area (Å²) in [4.78, 5) is 0. The largest absolute Gasteiger partial charge is 0.490 e. The monoisotopic (exact) mass is 422 g/mol. The molecule has 0 amide bonds. The van der Waals surface area contributed by atoms with Gasteiger partial charge in [-0.15, -0.1) is 0 Å². The molecule has 0 saturated carbocycles. The maximum Gasteiger partial charge on any atom is 0.216 e. The van der Waals surface area contributed by atoms with Crippen LogP contribution in [0.1, 0.15) is 18.1 Å². The van der Waals surface area contributed by atoms with E-state index in [1.165, 1.54) is 11.0 Å². The number of H-pyrrole nitrogens is 1. The van der Waals surface area contributed by atoms with Crippen molar-refractivity contribution in [3.8, 4) is 11.5 Å². The summed E-state index contributed by atoms with van der Waals surface area (Å²) in [6, 6.07) is 10.8. The van der Waals surface area contributed by atoms with Gasteiger partial charge in [0.05, 0.1) is 12.8 Å². The highest BCUT2D eigenvalue weighted by molar-refractivity contribution is 7.71. The predicted octanol–water partition coefficient (Wildman–Crippen LogP) is 5.11. The minimum Gasteiger partial charge on any atom is -0.490 e. The summed E-state index contributed by atoms with van der Waals surface area (Å²) < 4.78 is 13.5. The number of aromatic nitrogens is 3. The summed E-state index contributed by atoms with van der Waals surface area (Å²) in [6.07, 6.45) is 3.16. The second kappa shape index (κ2) is 9.03. The third-order valence-electron chi connectivity index (χ3n) is 3.53. The molecule has 0 radical (unpaired) electrons. The van der Waals surface area contributed by atoms with Gasteiger partial charge in [0, 0.05) is 15.6 Å². The molecule has 2 aromatic carbocycles. The average Bonchev–Trinajstić information content (AvgIpc) is 3.05. The highest BCUT2D eigenvalue weighted by atomic mass is 35.5. The van der Waals surface area contributed by atoms with Gasteiger partial charge < -0.3 is 9.47 Å². The molecule has 0 aliphatic rings. The smallest absolute Gasteiger partial charge is 0.216 e. The van der Waals surface area contributed by atoms with E-state index in [1.54, 1.807) is 18.3 Å². The third-order valence-corrected chi connectivity index (χ3v) is 4.40. The predicted molar refractivity (Wildman–Crippen MR) is 109 cm³/mol. The van der Waals surface area contributed by atoms with Crippen molar-refractivity contribution in [1.82, 2.24) is 14.9 Å². The fraction of sp³-hybridized carbons (Fsp3) is 0.167. The Morgan fingerprint density at radius 2 is 2.04 bits per heavy atom. The van der Waals surface area contributed by atoms with E-state index >= 15 is 0 Å². The highest BCUT2D eigenvalue weighted by Gasteiger charge is 2.08. The molecule has 1 heterocycles. The van der Waals surface area contributed by atoms with Crippen molar-refractivity contribution >= 4 is 41.6 Å². The van der Waals surface area contributed by atoms with Crippen LogP contribution in [0.25, 0.3) is 0 Å². The number of halogens is 2. The van der Waals surface area contributed by atoms with E-state index in [0.717, 1.165) is 11.1 Å². The van der Waals surface area contributed by atoms with Crippen LogP contribution in [-0.4, -0.2) is 27.7 Å². The Labute approximate surface area is 171 Å². The Balaban J connectivity index is 1.78. The Morgan fingerprint density at radius 1 is 1.19 bits per heavy atom. The molecule has 1 aromatic heterocycles. The van der Waals surface area contributed by atoms with Crippen molar-refractivity contribution in [2.45, 2.75) is 13.5 Å². The molecule has 3 aromatic rings. The molecule has 6 nitrogen and oxygen atoms in total. The van der Waals surface area contributed by atoms with Gasteiger partial charge in [-0.3, -0.25) is 5.10 Å². The van der Waals surface area contributed by atoms with Crippen LogP contribution < -0.4 is 9.47 Å². The van der Waals surface area contributed by atoms with E-state index in [1.807, 2.05) is 31.2 Å². The lowest BCUT2D eigenvalue weighted by atomic mass is 10.2. The molecule has 140 valence electrons. The van der Waals surface area contributed by atoms with Crippen LogP contribution in [0.15, 0.2) is 47.8 Å². The van der Waals surface area contributed by atoms with Crippen molar-refractivity contribution in [3.63, 3.8) is 0 Å². The van der Waals surface area contributed by atoms with Crippen LogP contribution in [0, 0.1) is 4.77 Å². The summed E-state index contributed by atoms with van der Waals surface area (Å²) in [5, 5.41) is 11.8. The second-order valence-corrected chi connectivity index (χ2v) is 6.64. The first kappa shape index (κ1) is 19.4. The zero-order valence-corrected chi connectivity index (χ0v) is 16.7. The van der Waals surface area contributed by atoms with Gasteiger partial charge in [0.25, 0.3) is 0 Å². The second-order valence-electron chi connectivity index (χ2n) is 5.41. The fourth-order valence-corrected chi connectivity index (χ4v) is 2.85. The van der Waals surface area contributed by atoms with Crippen molar-refractivity contribution < 1.29 is 9.47 Å². The van der Waals surface area contributed by atoms with Crippen molar-refractivity contribution in [3.05, 3.63) is 68.7 Å². The first-order chi connectivity index (χ1) is 13.1. The number of hydrogen-bond donors (Lipinski definition) is 1. The number of ether oxygens (including phenoxy) is 2. The number of hydrogen-bond acceptors (Lipinski definition) is 5. The van der Waals surface area contributed by atoms with Crippen LogP contribution in [-0.2, 0) is 6.61 Å². The summed E-state index contributed by atoms with van der Waals surface area (Å²) in [6.45, 7) is 2.71. The Hall–Kier alpha value is -2.35. The molecule has 1 N–H and O–H groups in total. The first-order valence-corrected chi connectivity index (χ1v) is 9.23. The highest BCUT2D eigenvalue weighted by Crippen LogP contribution is 2.30. The van der Waals surface area contributed by atoms with Crippen molar-refractivity contribution in [2.75, 3.05) is 6.61 Å². The number of rotatable bonds is 7. The number of nitrogens with one attached hydrogen (secondary N) is 1. The molecule has 0 spiro atoms. The van der Waals surface area contributed by atoms with Crippen LogP contribution in [0.5, 0.6) is 11.5 Å². The summed E-state index contributed by atoms with van der Waals surface area (Å²) in [5.41, 5.74) is 1.67. The van der Waals surface area contributed by atoms with Gasteiger partial charge in [-0.05, 0) is 55.0 Å². The molecular formula is C18H16Cl2N4O2S. The van der Waals surface area contributed by atoms with E-state index in [-0.39, 0.29) is 0 Å². The molecule has 0 fully saturated rings. The molecule has 0 unspecified atom stereocenters. The van der Waals surface area contributed by atoms with Gasteiger partial charge in [-0.2, -0.15) is 14.9 Å². The van der Waals surface area contributed by atoms with E-state index < -0.39 is 0 Å². The maximum absolute atomic E-state index is 6.19. The first-order valence-electron chi connectivity index (χ1n) is 8.06. The lowest BCUT2D eigenvalue weighted by Crippen LogP contribution is -2.01. The molecule has 0 aliphatic heterocycles. The lowest BCUT2D eigenvalue weighted by molar-refractivity contribution is 0.269. The molecule has 0 atom stereocenters.